The van der Waals surface area contributed by atoms with Crippen molar-refractivity contribution in [3.63, 3.8) is 0 Å². The monoisotopic (exact) mass is 307 g/mol. The number of aliphatic hydroxyl groups excluding tert-OH is 1. The molecule has 3 rings (SSSR count). The van der Waals surface area contributed by atoms with Gasteiger partial charge in [0.15, 0.2) is 0 Å². The first kappa shape index (κ1) is 14.5. The predicted molar refractivity (Wildman–Crippen MR) is 82.2 cm³/mol. The average molecular weight is 307 g/mol. The summed E-state index contributed by atoms with van der Waals surface area (Å²) in [5.41, 5.74) is -0.489. The van der Waals surface area contributed by atoms with Crippen molar-refractivity contribution in [1.29, 1.82) is 0 Å². The molecule has 3 nitrogen and oxygen atoms in total. The predicted octanol–water partition coefficient (Wildman–Crippen LogP) is 3.47. The number of thiophene rings is 1. The van der Waals surface area contributed by atoms with Crippen LogP contribution in [0.1, 0.15) is 41.8 Å². The van der Waals surface area contributed by atoms with Crippen LogP contribution in [0.3, 0.4) is 0 Å². The van der Waals surface area contributed by atoms with E-state index in [-0.39, 0.29) is 18.3 Å². The molecule has 0 saturated heterocycles. The zero-order valence-electron chi connectivity index (χ0n) is 11.7. The summed E-state index contributed by atoms with van der Waals surface area (Å²) in [5, 5.41) is 13.4. The van der Waals surface area contributed by atoms with Gasteiger partial charge in [-0.15, -0.1) is 11.3 Å². The summed E-state index contributed by atoms with van der Waals surface area (Å²) in [6, 6.07) is 6.24. The van der Waals surface area contributed by atoms with Crippen LogP contribution in [0.4, 0.5) is 4.39 Å². The lowest BCUT2D eigenvalue weighted by atomic mass is 9.82. The number of aliphatic hydroxyl groups is 1. The van der Waals surface area contributed by atoms with Gasteiger partial charge >= 0.3 is 0 Å². The molecule has 0 bridgehead atoms. The highest BCUT2D eigenvalue weighted by Gasteiger charge is 2.33. The largest absolute Gasteiger partial charge is 0.394 e. The minimum Gasteiger partial charge on any atom is -0.394 e. The second-order valence-corrected chi connectivity index (χ2v) is 6.83. The van der Waals surface area contributed by atoms with Crippen molar-refractivity contribution in [3.05, 3.63) is 35.0 Å². The van der Waals surface area contributed by atoms with Crippen molar-refractivity contribution >= 4 is 27.3 Å². The van der Waals surface area contributed by atoms with E-state index >= 15 is 0 Å². The van der Waals surface area contributed by atoms with E-state index in [0.29, 0.717) is 4.88 Å². The molecule has 112 valence electrons. The molecule has 2 aromatic rings. The quantitative estimate of drug-likeness (QED) is 0.912. The Bertz CT molecular complexity index is 661. The molecule has 0 radical (unpaired) electrons. The second kappa shape index (κ2) is 5.73. The fraction of sp³-hybridized carbons (Fsp3) is 0.438. The SMILES string of the molecule is O=C(NC1(CO)CCCCC1)c1cc2cc(F)ccc2s1. The smallest absolute Gasteiger partial charge is 0.261 e. The van der Waals surface area contributed by atoms with E-state index in [1.807, 2.05) is 0 Å². The van der Waals surface area contributed by atoms with Gasteiger partial charge in [0.25, 0.3) is 5.91 Å². The van der Waals surface area contributed by atoms with Gasteiger partial charge in [0, 0.05) is 4.70 Å². The molecule has 1 fully saturated rings. The Morgan fingerprint density at radius 2 is 2.05 bits per heavy atom. The standard InChI is InChI=1S/C16H18FNO2S/c17-12-4-5-13-11(8-12)9-14(21-13)15(20)18-16(10-19)6-2-1-3-7-16/h4-5,8-9,19H,1-3,6-7,10H2,(H,18,20). The van der Waals surface area contributed by atoms with Gasteiger partial charge in [-0.25, -0.2) is 4.39 Å². The molecule has 1 amide bonds. The van der Waals surface area contributed by atoms with Crippen molar-refractivity contribution in [2.75, 3.05) is 6.61 Å². The Balaban J connectivity index is 1.82. The number of halogens is 1. The van der Waals surface area contributed by atoms with Crippen LogP contribution in [0.15, 0.2) is 24.3 Å². The van der Waals surface area contributed by atoms with Crippen molar-refractivity contribution < 1.29 is 14.3 Å². The highest BCUT2D eigenvalue weighted by atomic mass is 32.1. The van der Waals surface area contributed by atoms with Gasteiger partial charge in [-0.05, 0) is 42.5 Å². The Hall–Kier alpha value is -1.46. The number of amides is 1. The minimum absolute atomic E-state index is 0.0295. The lowest BCUT2D eigenvalue weighted by Crippen LogP contribution is -2.52. The Morgan fingerprint density at radius 1 is 1.29 bits per heavy atom. The Labute approximate surface area is 126 Å². The average Bonchev–Trinajstić information content (AvgIpc) is 2.91. The van der Waals surface area contributed by atoms with Gasteiger partial charge in [0.05, 0.1) is 17.0 Å². The summed E-state index contributed by atoms with van der Waals surface area (Å²) >= 11 is 1.35. The van der Waals surface area contributed by atoms with Crippen LogP contribution in [0, 0.1) is 5.82 Å². The molecule has 1 saturated carbocycles. The minimum atomic E-state index is -0.489. The van der Waals surface area contributed by atoms with Crippen LogP contribution >= 0.6 is 11.3 Å². The first-order valence-electron chi connectivity index (χ1n) is 7.24. The van der Waals surface area contributed by atoms with Crippen molar-refractivity contribution in [2.24, 2.45) is 0 Å². The molecule has 1 aliphatic carbocycles. The van der Waals surface area contributed by atoms with E-state index in [4.69, 9.17) is 0 Å². The summed E-state index contributed by atoms with van der Waals surface area (Å²) < 4.78 is 14.1. The van der Waals surface area contributed by atoms with Crippen LogP contribution in [-0.2, 0) is 0 Å². The van der Waals surface area contributed by atoms with Crippen molar-refractivity contribution in [2.45, 2.75) is 37.6 Å². The normalized spacial score (nSPS) is 17.8. The molecule has 1 aliphatic rings. The van der Waals surface area contributed by atoms with Crippen LogP contribution in [0.25, 0.3) is 10.1 Å². The molecule has 1 aromatic heterocycles. The summed E-state index contributed by atoms with van der Waals surface area (Å²) in [4.78, 5) is 13.0. The van der Waals surface area contributed by atoms with Gasteiger partial charge in [-0.2, -0.15) is 0 Å². The van der Waals surface area contributed by atoms with E-state index in [1.165, 1.54) is 23.5 Å². The van der Waals surface area contributed by atoms with Crippen LogP contribution in [0.2, 0.25) is 0 Å². The fourth-order valence-corrected chi connectivity index (χ4v) is 3.92. The maximum Gasteiger partial charge on any atom is 0.261 e. The number of carbonyl (C=O) groups is 1. The van der Waals surface area contributed by atoms with Gasteiger partial charge in [-0.1, -0.05) is 19.3 Å². The number of benzene rings is 1. The Kier molecular flexibility index (Phi) is 3.95. The van der Waals surface area contributed by atoms with Crippen molar-refractivity contribution in [3.8, 4) is 0 Å². The second-order valence-electron chi connectivity index (χ2n) is 5.75. The van der Waals surface area contributed by atoms with E-state index in [9.17, 15) is 14.3 Å². The third kappa shape index (κ3) is 2.94. The van der Waals surface area contributed by atoms with Crippen molar-refractivity contribution in [1.82, 2.24) is 5.32 Å². The molecule has 0 unspecified atom stereocenters. The van der Waals surface area contributed by atoms with Gasteiger partial charge in [0.2, 0.25) is 0 Å². The maximum absolute atomic E-state index is 13.2. The number of hydrogen-bond donors (Lipinski definition) is 2. The molecule has 0 atom stereocenters. The Morgan fingerprint density at radius 3 is 2.76 bits per heavy atom. The summed E-state index contributed by atoms with van der Waals surface area (Å²) in [7, 11) is 0. The number of hydrogen-bond acceptors (Lipinski definition) is 3. The third-order valence-electron chi connectivity index (χ3n) is 4.19. The van der Waals surface area contributed by atoms with E-state index < -0.39 is 5.54 Å². The van der Waals surface area contributed by atoms with Crippen LogP contribution in [-0.4, -0.2) is 23.2 Å². The molecular formula is C16H18FNO2S. The third-order valence-corrected chi connectivity index (χ3v) is 5.31. The zero-order chi connectivity index (χ0) is 14.9. The highest BCUT2D eigenvalue weighted by molar-refractivity contribution is 7.20. The molecular weight excluding hydrogens is 289 g/mol. The first-order chi connectivity index (χ1) is 10.1. The number of rotatable bonds is 3. The molecule has 2 N–H and O–H groups in total. The van der Waals surface area contributed by atoms with E-state index in [0.717, 1.165) is 42.2 Å². The summed E-state index contributed by atoms with van der Waals surface area (Å²) in [6.07, 6.45) is 4.83. The molecule has 0 aliphatic heterocycles. The lowest BCUT2D eigenvalue weighted by Gasteiger charge is -2.36. The summed E-state index contributed by atoms with van der Waals surface area (Å²) in [6.45, 7) is -0.0295. The first-order valence-corrected chi connectivity index (χ1v) is 8.06. The number of carbonyl (C=O) groups excluding carboxylic acids is 1. The van der Waals surface area contributed by atoms with Gasteiger partial charge < -0.3 is 10.4 Å². The molecule has 5 heteroatoms. The molecule has 1 heterocycles. The summed E-state index contributed by atoms with van der Waals surface area (Å²) in [5.74, 6) is -0.473. The maximum atomic E-state index is 13.2. The van der Waals surface area contributed by atoms with Crippen LogP contribution in [0.5, 0.6) is 0 Å². The molecule has 0 spiro atoms. The number of fused-ring (bicyclic) bond motifs is 1. The molecule has 1 aromatic carbocycles. The van der Waals surface area contributed by atoms with E-state index in [2.05, 4.69) is 5.32 Å². The number of nitrogens with one attached hydrogen (secondary N) is 1. The van der Waals surface area contributed by atoms with Gasteiger partial charge in [0.1, 0.15) is 5.82 Å². The van der Waals surface area contributed by atoms with Gasteiger partial charge in [-0.3, -0.25) is 4.79 Å². The topological polar surface area (TPSA) is 49.3 Å². The lowest BCUT2D eigenvalue weighted by molar-refractivity contribution is 0.0762. The fourth-order valence-electron chi connectivity index (χ4n) is 2.98. The van der Waals surface area contributed by atoms with E-state index in [1.54, 1.807) is 12.1 Å². The molecule has 21 heavy (non-hydrogen) atoms. The van der Waals surface area contributed by atoms with Crippen LogP contribution < -0.4 is 5.32 Å². The zero-order valence-corrected chi connectivity index (χ0v) is 12.5. The highest BCUT2D eigenvalue weighted by Crippen LogP contribution is 2.30.